The number of rotatable bonds is 4. The summed E-state index contributed by atoms with van der Waals surface area (Å²) in [4.78, 5) is 38.8. The SMILES string of the molecule is O=C1CN(CC(=O)Nc2cccc(N3CCCC3=O)c2)CCN1. The third kappa shape index (κ3) is 3.87. The minimum absolute atomic E-state index is 0.0569. The van der Waals surface area contributed by atoms with Crippen molar-refractivity contribution in [3.63, 3.8) is 0 Å². The maximum atomic E-state index is 12.1. The first kappa shape index (κ1) is 15.5. The summed E-state index contributed by atoms with van der Waals surface area (Å²) in [5.41, 5.74) is 1.47. The molecule has 0 saturated carbocycles. The van der Waals surface area contributed by atoms with Crippen LogP contribution < -0.4 is 15.5 Å². The van der Waals surface area contributed by atoms with E-state index in [4.69, 9.17) is 0 Å². The molecule has 122 valence electrons. The molecule has 0 unspecified atom stereocenters. The van der Waals surface area contributed by atoms with Gasteiger partial charge < -0.3 is 15.5 Å². The zero-order chi connectivity index (χ0) is 16.2. The molecular weight excluding hydrogens is 296 g/mol. The van der Waals surface area contributed by atoms with Gasteiger partial charge in [-0.3, -0.25) is 19.3 Å². The second kappa shape index (κ2) is 6.78. The van der Waals surface area contributed by atoms with E-state index >= 15 is 0 Å². The van der Waals surface area contributed by atoms with Crippen molar-refractivity contribution in [2.75, 3.05) is 42.9 Å². The maximum Gasteiger partial charge on any atom is 0.238 e. The van der Waals surface area contributed by atoms with E-state index in [-0.39, 0.29) is 30.8 Å². The summed E-state index contributed by atoms with van der Waals surface area (Å²) in [6.07, 6.45) is 1.44. The molecule has 1 aromatic rings. The highest BCUT2D eigenvalue weighted by Crippen LogP contribution is 2.24. The lowest BCUT2D eigenvalue weighted by molar-refractivity contribution is -0.125. The number of benzene rings is 1. The van der Waals surface area contributed by atoms with E-state index in [0.29, 0.717) is 25.2 Å². The quantitative estimate of drug-likeness (QED) is 0.830. The second-order valence-electron chi connectivity index (χ2n) is 5.81. The highest BCUT2D eigenvalue weighted by Gasteiger charge is 2.22. The van der Waals surface area contributed by atoms with Crippen LogP contribution in [0.4, 0.5) is 11.4 Å². The number of hydrogen-bond donors (Lipinski definition) is 2. The molecule has 2 aliphatic heterocycles. The van der Waals surface area contributed by atoms with Gasteiger partial charge >= 0.3 is 0 Å². The van der Waals surface area contributed by atoms with Gasteiger partial charge in [-0.15, -0.1) is 0 Å². The monoisotopic (exact) mass is 316 g/mol. The first-order valence-corrected chi connectivity index (χ1v) is 7.81. The summed E-state index contributed by atoms with van der Waals surface area (Å²) < 4.78 is 0. The summed E-state index contributed by atoms with van der Waals surface area (Å²) in [6, 6.07) is 7.30. The van der Waals surface area contributed by atoms with Crippen LogP contribution in [-0.4, -0.2) is 55.3 Å². The summed E-state index contributed by atoms with van der Waals surface area (Å²) in [5, 5.41) is 5.56. The average molecular weight is 316 g/mol. The van der Waals surface area contributed by atoms with Gasteiger partial charge in [0.1, 0.15) is 0 Å². The number of hydrogen-bond acceptors (Lipinski definition) is 4. The lowest BCUT2D eigenvalue weighted by Gasteiger charge is -2.25. The molecule has 0 aliphatic carbocycles. The van der Waals surface area contributed by atoms with E-state index in [1.807, 2.05) is 23.1 Å². The van der Waals surface area contributed by atoms with Crippen molar-refractivity contribution in [1.29, 1.82) is 0 Å². The summed E-state index contributed by atoms with van der Waals surface area (Å²) >= 11 is 0. The fourth-order valence-electron chi connectivity index (χ4n) is 2.90. The Morgan fingerprint density at radius 1 is 1.26 bits per heavy atom. The maximum absolute atomic E-state index is 12.1. The van der Waals surface area contributed by atoms with Gasteiger partial charge in [0.05, 0.1) is 13.1 Å². The van der Waals surface area contributed by atoms with Crippen LogP contribution in [0.2, 0.25) is 0 Å². The molecule has 7 nitrogen and oxygen atoms in total. The number of carbonyl (C=O) groups excluding carboxylic acids is 3. The highest BCUT2D eigenvalue weighted by molar-refractivity contribution is 5.97. The number of nitrogens with one attached hydrogen (secondary N) is 2. The van der Waals surface area contributed by atoms with E-state index < -0.39 is 0 Å². The molecule has 2 heterocycles. The van der Waals surface area contributed by atoms with Gasteiger partial charge in [0.25, 0.3) is 0 Å². The third-order valence-corrected chi connectivity index (χ3v) is 4.00. The zero-order valence-electron chi connectivity index (χ0n) is 12.9. The van der Waals surface area contributed by atoms with Crippen molar-refractivity contribution in [3.05, 3.63) is 24.3 Å². The number of amides is 3. The van der Waals surface area contributed by atoms with Gasteiger partial charge in [-0.25, -0.2) is 0 Å². The lowest BCUT2D eigenvalue weighted by Crippen LogP contribution is -2.49. The van der Waals surface area contributed by atoms with Crippen LogP contribution in [0, 0.1) is 0 Å². The Balaban J connectivity index is 1.60. The van der Waals surface area contributed by atoms with Crippen LogP contribution in [0.15, 0.2) is 24.3 Å². The molecular formula is C16H20N4O3. The smallest absolute Gasteiger partial charge is 0.238 e. The predicted molar refractivity (Wildman–Crippen MR) is 86.1 cm³/mol. The molecule has 7 heteroatoms. The summed E-state index contributed by atoms with van der Waals surface area (Å²) in [7, 11) is 0. The first-order valence-electron chi connectivity index (χ1n) is 7.81. The molecule has 1 aromatic carbocycles. The molecule has 0 atom stereocenters. The van der Waals surface area contributed by atoms with E-state index in [1.54, 1.807) is 11.0 Å². The largest absolute Gasteiger partial charge is 0.354 e. The number of piperazine rings is 1. The van der Waals surface area contributed by atoms with Crippen molar-refractivity contribution in [2.24, 2.45) is 0 Å². The van der Waals surface area contributed by atoms with Crippen LogP contribution in [0.3, 0.4) is 0 Å². The van der Waals surface area contributed by atoms with Gasteiger partial charge in [-0.1, -0.05) is 6.07 Å². The van der Waals surface area contributed by atoms with Crippen LogP contribution in [0.1, 0.15) is 12.8 Å². The molecule has 2 N–H and O–H groups in total. The topological polar surface area (TPSA) is 81.8 Å². The molecule has 2 aliphatic rings. The van der Waals surface area contributed by atoms with Crippen molar-refractivity contribution < 1.29 is 14.4 Å². The molecule has 23 heavy (non-hydrogen) atoms. The summed E-state index contributed by atoms with van der Waals surface area (Å²) in [5.74, 6) is -0.101. The number of carbonyl (C=O) groups is 3. The van der Waals surface area contributed by atoms with Gasteiger partial charge in [0.15, 0.2) is 0 Å². The Labute approximate surface area is 134 Å². The van der Waals surface area contributed by atoms with E-state index in [9.17, 15) is 14.4 Å². The van der Waals surface area contributed by atoms with Crippen molar-refractivity contribution >= 4 is 29.1 Å². The molecule has 0 bridgehead atoms. The standard InChI is InChI=1S/C16H20N4O3/c21-14-10-19(8-6-17-14)11-15(22)18-12-3-1-4-13(9-12)20-7-2-5-16(20)23/h1,3-4,9H,2,5-8,10-11H2,(H,17,21)(H,18,22). The number of nitrogens with zero attached hydrogens (tertiary/aromatic N) is 2. The highest BCUT2D eigenvalue weighted by atomic mass is 16.2. The fraction of sp³-hybridized carbons (Fsp3) is 0.438. The Bertz CT molecular complexity index is 632. The predicted octanol–water partition coefficient (Wildman–Crippen LogP) is 0.184. The van der Waals surface area contributed by atoms with Crippen molar-refractivity contribution in [2.45, 2.75) is 12.8 Å². The molecule has 0 aromatic heterocycles. The Morgan fingerprint density at radius 3 is 2.87 bits per heavy atom. The van der Waals surface area contributed by atoms with Gasteiger partial charge in [0, 0.05) is 37.4 Å². The lowest BCUT2D eigenvalue weighted by atomic mass is 10.2. The van der Waals surface area contributed by atoms with Crippen LogP contribution in [0.25, 0.3) is 0 Å². The van der Waals surface area contributed by atoms with Crippen molar-refractivity contribution in [1.82, 2.24) is 10.2 Å². The molecule has 3 amide bonds. The number of anilines is 2. The first-order chi connectivity index (χ1) is 11.1. The van der Waals surface area contributed by atoms with Crippen molar-refractivity contribution in [3.8, 4) is 0 Å². The average Bonchev–Trinajstić information content (AvgIpc) is 2.93. The van der Waals surface area contributed by atoms with Crippen LogP contribution >= 0.6 is 0 Å². The van der Waals surface area contributed by atoms with Gasteiger partial charge in [-0.05, 0) is 24.6 Å². The Hall–Kier alpha value is -2.41. The molecule has 0 radical (unpaired) electrons. The minimum Gasteiger partial charge on any atom is -0.354 e. The molecule has 3 rings (SSSR count). The molecule has 0 spiro atoms. The normalized spacial score (nSPS) is 18.9. The van der Waals surface area contributed by atoms with Crippen LogP contribution in [-0.2, 0) is 14.4 Å². The van der Waals surface area contributed by atoms with Crippen LogP contribution in [0.5, 0.6) is 0 Å². The van der Waals surface area contributed by atoms with Gasteiger partial charge in [0.2, 0.25) is 17.7 Å². The summed E-state index contributed by atoms with van der Waals surface area (Å²) in [6.45, 7) is 2.38. The molecule has 2 fully saturated rings. The fourth-order valence-corrected chi connectivity index (χ4v) is 2.90. The second-order valence-corrected chi connectivity index (χ2v) is 5.81. The Morgan fingerprint density at radius 2 is 2.13 bits per heavy atom. The third-order valence-electron chi connectivity index (χ3n) is 4.00. The molecule has 2 saturated heterocycles. The van der Waals surface area contributed by atoms with Gasteiger partial charge in [-0.2, -0.15) is 0 Å². The minimum atomic E-state index is -0.162. The Kier molecular flexibility index (Phi) is 4.57. The van der Waals surface area contributed by atoms with E-state index in [1.165, 1.54) is 0 Å². The van der Waals surface area contributed by atoms with E-state index in [2.05, 4.69) is 10.6 Å². The zero-order valence-corrected chi connectivity index (χ0v) is 12.9. The van der Waals surface area contributed by atoms with E-state index in [0.717, 1.165) is 18.7 Å².